The van der Waals surface area contributed by atoms with Crippen molar-refractivity contribution in [3.63, 3.8) is 0 Å². The van der Waals surface area contributed by atoms with Crippen LogP contribution < -0.4 is 4.90 Å². The van der Waals surface area contributed by atoms with Gasteiger partial charge in [-0.3, -0.25) is 0 Å². The van der Waals surface area contributed by atoms with Crippen molar-refractivity contribution in [1.29, 1.82) is 0 Å². The van der Waals surface area contributed by atoms with Crippen LogP contribution >= 0.6 is 11.3 Å². The van der Waals surface area contributed by atoms with Crippen LogP contribution in [0.25, 0.3) is 86.3 Å². The number of nitrogens with zero attached hydrogens (tertiary/aromatic N) is 1. The molecular weight excluding hydrogens is 687 g/mol. The topological polar surface area (TPSA) is 16.4 Å². The highest BCUT2D eigenvalue weighted by atomic mass is 32.1. The first kappa shape index (κ1) is 31.6. The first-order chi connectivity index (χ1) is 27.2. The van der Waals surface area contributed by atoms with E-state index in [0.29, 0.717) is 0 Å². The number of hydrogen-bond acceptors (Lipinski definition) is 3. The van der Waals surface area contributed by atoms with E-state index in [0.717, 1.165) is 39.0 Å². The van der Waals surface area contributed by atoms with Crippen LogP contribution in [0.2, 0.25) is 0 Å². The average molecular weight is 720 g/mol. The summed E-state index contributed by atoms with van der Waals surface area (Å²) in [5.41, 5.74) is 12.3. The van der Waals surface area contributed by atoms with E-state index in [1.165, 1.54) is 64.3 Å². The summed E-state index contributed by atoms with van der Waals surface area (Å²) in [6.45, 7) is 0. The molecule has 0 unspecified atom stereocenters. The molecule has 0 bridgehead atoms. The fourth-order valence-corrected chi connectivity index (χ4v) is 9.24. The molecule has 0 spiro atoms. The molecule has 0 amide bonds. The van der Waals surface area contributed by atoms with Crippen LogP contribution in [0.3, 0.4) is 0 Å². The Labute approximate surface area is 322 Å². The molecule has 0 aliphatic rings. The van der Waals surface area contributed by atoms with Crippen molar-refractivity contribution >= 4 is 81.3 Å². The zero-order chi connectivity index (χ0) is 36.3. The van der Waals surface area contributed by atoms with Gasteiger partial charge in [0.15, 0.2) is 0 Å². The smallest absolute Gasteiger partial charge is 0.135 e. The van der Waals surface area contributed by atoms with E-state index >= 15 is 0 Å². The summed E-state index contributed by atoms with van der Waals surface area (Å²) in [6, 6.07) is 72.3. The highest BCUT2D eigenvalue weighted by Crippen LogP contribution is 2.41. The van der Waals surface area contributed by atoms with E-state index in [-0.39, 0.29) is 0 Å². The lowest BCUT2D eigenvalue weighted by Crippen LogP contribution is -2.09. The van der Waals surface area contributed by atoms with Crippen LogP contribution in [0.15, 0.2) is 205 Å². The lowest BCUT2D eigenvalue weighted by Gasteiger charge is -2.26. The molecule has 258 valence electrons. The Balaban J connectivity index is 0.990. The van der Waals surface area contributed by atoms with Gasteiger partial charge in [-0.2, -0.15) is 0 Å². The minimum Gasteiger partial charge on any atom is -0.456 e. The van der Waals surface area contributed by atoms with E-state index in [2.05, 4.69) is 193 Å². The van der Waals surface area contributed by atoms with Gasteiger partial charge in [-0.25, -0.2) is 0 Å². The van der Waals surface area contributed by atoms with Gasteiger partial charge in [0.25, 0.3) is 0 Å². The molecule has 11 rings (SSSR count). The van der Waals surface area contributed by atoms with Crippen molar-refractivity contribution in [2.75, 3.05) is 4.90 Å². The summed E-state index contributed by atoms with van der Waals surface area (Å²) < 4.78 is 8.87. The van der Waals surface area contributed by atoms with Crippen LogP contribution in [0.1, 0.15) is 0 Å². The zero-order valence-electron chi connectivity index (χ0n) is 29.8. The molecule has 0 saturated heterocycles. The normalized spacial score (nSPS) is 11.6. The maximum atomic E-state index is 6.23. The predicted molar refractivity (Wildman–Crippen MR) is 235 cm³/mol. The average Bonchev–Trinajstić information content (AvgIpc) is 3.82. The number of rotatable bonds is 6. The number of hydrogen-bond donors (Lipinski definition) is 0. The van der Waals surface area contributed by atoms with E-state index in [4.69, 9.17) is 4.42 Å². The van der Waals surface area contributed by atoms with Gasteiger partial charge in [0, 0.05) is 48.0 Å². The quantitative estimate of drug-likeness (QED) is 0.170. The van der Waals surface area contributed by atoms with Crippen LogP contribution in [0.4, 0.5) is 17.1 Å². The molecule has 0 saturated carbocycles. The molecule has 2 heterocycles. The molecule has 0 aliphatic carbocycles. The van der Waals surface area contributed by atoms with Gasteiger partial charge in [0.1, 0.15) is 11.2 Å². The molecule has 0 radical (unpaired) electrons. The van der Waals surface area contributed by atoms with Gasteiger partial charge in [-0.1, -0.05) is 127 Å². The number of fused-ring (bicyclic) bond motifs is 7. The van der Waals surface area contributed by atoms with Gasteiger partial charge in [-0.05, 0) is 117 Å². The number of para-hydroxylation sites is 1. The Morgan fingerprint density at radius 1 is 0.327 bits per heavy atom. The first-order valence-corrected chi connectivity index (χ1v) is 19.5. The van der Waals surface area contributed by atoms with Crippen molar-refractivity contribution in [2.45, 2.75) is 0 Å². The second-order valence-electron chi connectivity index (χ2n) is 14.1. The minimum atomic E-state index is 0.887. The molecule has 0 N–H and O–H groups in total. The van der Waals surface area contributed by atoms with E-state index in [1.54, 1.807) is 0 Å². The minimum absolute atomic E-state index is 0.887. The molecule has 9 aromatic carbocycles. The number of thiophene rings is 1. The standard InChI is InChI=1S/C52H33NOS/c1-2-13-43-36(9-1)10-8-16-44(43)39-12-7-11-37(31-39)34-19-24-40(25-20-34)53(42-28-29-50-47(33-42)45-14-3-5-17-49(45)54-50)41-26-21-35(22-27-41)38-23-30-52-48(32-38)46-15-4-6-18-51(46)55-52/h1-33H. The van der Waals surface area contributed by atoms with Crippen LogP contribution in [-0.2, 0) is 0 Å². The van der Waals surface area contributed by atoms with E-state index in [1.807, 2.05) is 23.5 Å². The molecule has 11 aromatic rings. The van der Waals surface area contributed by atoms with Crippen molar-refractivity contribution in [2.24, 2.45) is 0 Å². The highest BCUT2D eigenvalue weighted by Gasteiger charge is 2.17. The summed E-state index contributed by atoms with van der Waals surface area (Å²) in [5.74, 6) is 0. The number of furan rings is 1. The lowest BCUT2D eigenvalue weighted by molar-refractivity contribution is 0.669. The molecule has 2 nitrogen and oxygen atoms in total. The van der Waals surface area contributed by atoms with Crippen LogP contribution in [0, 0.1) is 0 Å². The SMILES string of the molecule is c1cc(-c2ccc(N(c3ccc(-c4ccc5sc6ccccc6c5c4)cc3)c3ccc4oc5ccccc5c4c3)cc2)cc(-c2cccc3ccccc23)c1. The fourth-order valence-electron chi connectivity index (χ4n) is 8.16. The van der Waals surface area contributed by atoms with Gasteiger partial charge in [-0.15, -0.1) is 11.3 Å². The van der Waals surface area contributed by atoms with Crippen molar-refractivity contribution < 1.29 is 4.42 Å². The molecule has 55 heavy (non-hydrogen) atoms. The number of benzene rings is 9. The second-order valence-corrected chi connectivity index (χ2v) is 15.2. The zero-order valence-corrected chi connectivity index (χ0v) is 30.6. The van der Waals surface area contributed by atoms with Crippen molar-refractivity contribution in [1.82, 2.24) is 0 Å². The molecule has 0 atom stereocenters. The maximum absolute atomic E-state index is 6.23. The fraction of sp³-hybridized carbons (Fsp3) is 0. The largest absolute Gasteiger partial charge is 0.456 e. The maximum Gasteiger partial charge on any atom is 0.135 e. The van der Waals surface area contributed by atoms with Gasteiger partial charge >= 0.3 is 0 Å². The number of anilines is 3. The van der Waals surface area contributed by atoms with Crippen molar-refractivity contribution in [3.05, 3.63) is 200 Å². The van der Waals surface area contributed by atoms with Crippen molar-refractivity contribution in [3.8, 4) is 33.4 Å². The molecule has 0 aliphatic heterocycles. The summed E-state index contributed by atoms with van der Waals surface area (Å²) in [4.78, 5) is 2.34. The van der Waals surface area contributed by atoms with Crippen LogP contribution in [0.5, 0.6) is 0 Å². The predicted octanol–water partition coefficient (Wildman–Crippen LogP) is 15.6. The van der Waals surface area contributed by atoms with Gasteiger partial charge < -0.3 is 9.32 Å². The summed E-state index contributed by atoms with van der Waals surface area (Å²) in [7, 11) is 0. The summed E-state index contributed by atoms with van der Waals surface area (Å²) in [5, 5.41) is 7.37. The monoisotopic (exact) mass is 719 g/mol. The molecule has 3 heteroatoms. The third kappa shape index (κ3) is 5.48. The second kappa shape index (κ2) is 12.9. The highest BCUT2D eigenvalue weighted by molar-refractivity contribution is 7.25. The van der Waals surface area contributed by atoms with Crippen LogP contribution in [-0.4, -0.2) is 0 Å². The Morgan fingerprint density at radius 3 is 1.73 bits per heavy atom. The Morgan fingerprint density at radius 2 is 0.909 bits per heavy atom. The molecule has 0 fully saturated rings. The third-order valence-electron chi connectivity index (χ3n) is 10.9. The third-order valence-corrected chi connectivity index (χ3v) is 12.0. The Kier molecular flexibility index (Phi) is 7.39. The van der Waals surface area contributed by atoms with E-state index in [9.17, 15) is 0 Å². The molecular formula is C52H33NOS. The first-order valence-electron chi connectivity index (χ1n) is 18.7. The molecule has 2 aromatic heterocycles. The lowest BCUT2D eigenvalue weighted by atomic mass is 9.95. The Bertz CT molecular complexity index is 3200. The van der Waals surface area contributed by atoms with E-state index < -0.39 is 0 Å². The Hall–Kier alpha value is -6.94. The summed E-state index contributed by atoms with van der Waals surface area (Å²) in [6.07, 6.45) is 0. The van der Waals surface area contributed by atoms with Gasteiger partial charge in [0.2, 0.25) is 0 Å². The van der Waals surface area contributed by atoms with Gasteiger partial charge in [0.05, 0.1) is 0 Å². The summed E-state index contributed by atoms with van der Waals surface area (Å²) >= 11 is 1.85.